The van der Waals surface area contributed by atoms with E-state index >= 15 is 0 Å². The van der Waals surface area contributed by atoms with E-state index in [1.165, 1.54) is 11.1 Å². The predicted octanol–water partition coefficient (Wildman–Crippen LogP) is 4.31. The third-order valence-electron chi connectivity index (χ3n) is 1.56. The Morgan fingerprint density at radius 3 is 2.64 bits per heavy atom. The molecule has 0 aliphatic carbocycles. The van der Waals surface area contributed by atoms with Gasteiger partial charge in [-0.05, 0) is 30.2 Å². The van der Waals surface area contributed by atoms with E-state index in [2.05, 4.69) is 38.8 Å². The molecule has 0 saturated carbocycles. The van der Waals surface area contributed by atoms with Gasteiger partial charge in [0, 0.05) is 14.8 Å². The average molecular weight is 298 g/mol. The van der Waals surface area contributed by atoms with Crippen LogP contribution in [-0.2, 0) is 5.33 Å². The number of halogens is 3. The van der Waals surface area contributed by atoms with Gasteiger partial charge in [-0.1, -0.05) is 43.5 Å². The van der Waals surface area contributed by atoms with E-state index in [0.717, 1.165) is 14.8 Å². The van der Waals surface area contributed by atoms with E-state index < -0.39 is 0 Å². The molecular weight excluding hydrogens is 291 g/mol. The van der Waals surface area contributed by atoms with Gasteiger partial charge in [-0.25, -0.2) is 0 Å². The second-order valence-electron chi connectivity index (χ2n) is 2.31. The first kappa shape index (κ1) is 9.56. The number of benzene rings is 1. The smallest absolute Gasteiger partial charge is 0.0420 e. The summed E-state index contributed by atoms with van der Waals surface area (Å²) in [6.45, 7) is 2.07. The van der Waals surface area contributed by atoms with Crippen molar-refractivity contribution in [1.82, 2.24) is 0 Å². The molecule has 0 aliphatic rings. The summed E-state index contributed by atoms with van der Waals surface area (Å²) >= 11 is 12.7. The molecule has 0 heterocycles. The Balaban J connectivity index is 3.24. The van der Waals surface area contributed by atoms with Crippen molar-refractivity contribution in [3.63, 3.8) is 0 Å². The molecule has 0 N–H and O–H groups in total. The van der Waals surface area contributed by atoms with Crippen molar-refractivity contribution < 1.29 is 0 Å². The fraction of sp³-hybridized carbons (Fsp3) is 0.250. The Labute approximate surface area is 88.2 Å². The maximum Gasteiger partial charge on any atom is 0.0420 e. The average Bonchev–Trinajstić information content (AvgIpc) is 1.96. The van der Waals surface area contributed by atoms with E-state index in [0.29, 0.717) is 0 Å². The standard InChI is InChI=1S/C8H7Br2Cl/c1-5-6(4-9)2-7(11)3-8(5)10/h2-3H,4H2,1H3. The van der Waals surface area contributed by atoms with Gasteiger partial charge in [0.1, 0.15) is 0 Å². The number of alkyl halides is 1. The molecule has 0 aliphatic heterocycles. The third kappa shape index (κ3) is 2.20. The molecule has 3 heteroatoms. The summed E-state index contributed by atoms with van der Waals surface area (Å²) in [7, 11) is 0. The largest absolute Gasteiger partial charge is 0.0876 e. The van der Waals surface area contributed by atoms with Gasteiger partial charge < -0.3 is 0 Å². The van der Waals surface area contributed by atoms with Crippen LogP contribution < -0.4 is 0 Å². The monoisotopic (exact) mass is 296 g/mol. The Morgan fingerprint density at radius 2 is 2.09 bits per heavy atom. The molecule has 1 aromatic carbocycles. The summed E-state index contributed by atoms with van der Waals surface area (Å²) < 4.78 is 1.07. The zero-order valence-corrected chi connectivity index (χ0v) is 9.92. The Kier molecular flexibility index (Phi) is 3.41. The lowest BCUT2D eigenvalue weighted by Crippen LogP contribution is -1.85. The Bertz CT molecular complexity index is 271. The summed E-state index contributed by atoms with van der Waals surface area (Å²) in [5.74, 6) is 0. The summed E-state index contributed by atoms with van der Waals surface area (Å²) in [6.07, 6.45) is 0. The van der Waals surface area contributed by atoms with E-state index in [1.54, 1.807) is 0 Å². The van der Waals surface area contributed by atoms with Gasteiger partial charge in [-0.15, -0.1) is 0 Å². The number of rotatable bonds is 1. The molecule has 0 bridgehead atoms. The molecule has 0 unspecified atom stereocenters. The fourth-order valence-corrected chi connectivity index (χ4v) is 2.29. The van der Waals surface area contributed by atoms with Crippen molar-refractivity contribution in [1.29, 1.82) is 0 Å². The normalized spacial score (nSPS) is 10.2. The molecule has 0 atom stereocenters. The molecule has 0 radical (unpaired) electrons. The summed E-state index contributed by atoms with van der Waals surface area (Å²) in [5.41, 5.74) is 2.47. The van der Waals surface area contributed by atoms with Gasteiger partial charge in [-0.2, -0.15) is 0 Å². The van der Waals surface area contributed by atoms with Crippen molar-refractivity contribution in [2.24, 2.45) is 0 Å². The second-order valence-corrected chi connectivity index (χ2v) is 4.16. The molecule has 60 valence electrons. The minimum absolute atomic E-state index is 0.775. The zero-order chi connectivity index (χ0) is 8.43. The first-order chi connectivity index (χ1) is 5.15. The summed E-state index contributed by atoms with van der Waals surface area (Å²) in [5, 5.41) is 1.62. The third-order valence-corrected chi connectivity index (χ3v) is 3.21. The van der Waals surface area contributed by atoms with E-state index in [1.807, 2.05) is 12.1 Å². The molecule has 0 aromatic heterocycles. The Hall–Kier alpha value is 0.470. The van der Waals surface area contributed by atoms with Crippen molar-refractivity contribution in [3.05, 3.63) is 32.8 Å². The summed E-state index contributed by atoms with van der Waals surface area (Å²) in [4.78, 5) is 0. The van der Waals surface area contributed by atoms with Crippen molar-refractivity contribution in [3.8, 4) is 0 Å². The van der Waals surface area contributed by atoms with Gasteiger partial charge in [0.2, 0.25) is 0 Å². The lowest BCUT2D eigenvalue weighted by atomic mass is 10.1. The van der Waals surface area contributed by atoms with Crippen molar-refractivity contribution in [2.75, 3.05) is 0 Å². The van der Waals surface area contributed by atoms with Crippen LogP contribution in [0.5, 0.6) is 0 Å². The van der Waals surface area contributed by atoms with Crippen LogP contribution in [-0.4, -0.2) is 0 Å². The predicted molar refractivity (Wildman–Crippen MR) is 56.5 cm³/mol. The van der Waals surface area contributed by atoms with Crippen molar-refractivity contribution >= 4 is 43.5 Å². The maximum atomic E-state index is 5.85. The first-order valence-electron chi connectivity index (χ1n) is 3.15. The quantitative estimate of drug-likeness (QED) is 0.678. The molecule has 11 heavy (non-hydrogen) atoms. The molecule has 0 spiro atoms. The minimum atomic E-state index is 0.775. The number of hydrogen-bond donors (Lipinski definition) is 0. The molecule has 1 rings (SSSR count). The van der Waals surface area contributed by atoms with Crippen LogP contribution in [0.3, 0.4) is 0 Å². The van der Waals surface area contributed by atoms with E-state index in [-0.39, 0.29) is 0 Å². The van der Waals surface area contributed by atoms with Gasteiger partial charge >= 0.3 is 0 Å². The second kappa shape index (κ2) is 3.92. The zero-order valence-electron chi connectivity index (χ0n) is 6.00. The fourth-order valence-electron chi connectivity index (χ4n) is 0.838. The first-order valence-corrected chi connectivity index (χ1v) is 5.45. The lowest BCUT2D eigenvalue weighted by Gasteiger charge is -2.04. The highest BCUT2D eigenvalue weighted by Gasteiger charge is 2.02. The highest BCUT2D eigenvalue weighted by Crippen LogP contribution is 2.26. The number of hydrogen-bond acceptors (Lipinski definition) is 0. The highest BCUT2D eigenvalue weighted by atomic mass is 79.9. The van der Waals surface area contributed by atoms with Crippen LogP contribution >= 0.6 is 43.5 Å². The van der Waals surface area contributed by atoms with Gasteiger partial charge in [-0.3, -0.25) is 0 Å². The van der Waals surface area contributed by atoms with Crippen LogP contribution in [0.25, 0.3) is 0 Å². The van der Waals surface area contributed by atoms with E-state index in [4.69, 9.17) is 11.6 Å². The molecule has 0 nitrogen and oxygen atoms in total. The van der Waals surface area contributed by atoms with E-state index in [9.17, 15) is 0 Å². The Morgan fingerprint density at radius 1 is 1.45 bits per heavy atom. The SMILES string of the molecule is Cc1c(Br)cc(Cl)cc1CBr. The molecule has 0 amide bonds. The van der Waals surface area contributed by atoms with Crippen LogP contribution in [0.2, 0.25) is 5.02 Å². The topological polar surface area (TPSA) is 0 Å². The van der Waals surface area contributed by atoms with Crippen LogP contribution in [0.15, 0.2) is 16.6 Å². The van der Waals surface area contributed by atoms with Crippen molar-refractivity contribution in [2.45, 2.75) is 12.3 Å². The molecular formula is C8H7Br2Cl. The highest BCUT2D eigenvalue weighted by molar-refractivity contribution is 9.10. The van der Waals surface area contributed by atoms with Gasteiger partial charge in [0.25, 0.3) is 0 Å². The van der Waals surface area contributed by atoms with Gasteiger partial charge in [0.15, 0.2) is 0 Å². The lowest BCUT2D eigenvalue weighted by molar-refractivity contribution is 1.30. The van der Waals surface area contributed by atoms with Crippen LogP contribution in [0.1, 0.15) is 11.1 Å². The van der Waals surface area contributed by atoms with Gasteiger partial charge in [0.05, 0.1) is 0 Å². The summed E-state index contributed by atoms with van der Waals surface area (Å²) in [6, 6.07) is 3.87. The van der Waals surface area contributed by atoms with Crippen LogP contribution in [0.4, 0.5) is 0 Å². The molecule has 0 fully saturated rings. The van der Waals surface area contributed by atoms with Crippen LogP contribution in [0, 0.1) is 6.92 Å². The maximum absolute atomic E-state index is 5.85. The molecule has 1 aromatic rings. The molecule has 0 saturated heterocycles. The minimum Gasteiger partial charge on any atom is -0.0876 e.